The average Bonchev–Trinajstić information content (AvgIpc) is 2.88. The first-order chi connectivity index (χ1) is 12.8. The van der Waals surface area contributed by atoms with Crippen LogP contribution < -0.4 is 0 Å². The Morgan fingerprint density at radius 1 is 0.926 bits per heavy atom. The van der Waals surface area contributed by atoms with E-state index in [4.69, 9.17) is 0 Å². The lowest BCUT2D eigenvalue weighted by Gasteiger charge is -2.43. The molecule has 0 aliphatic heterocycles. The summed E-state index contributed by atoms with van der Waals surface area (Å²) in [5.41, 5.74) is 2.38. The maximum Gasteiger partial charge on any atom is 0.143 e. The second kappa shape index (κ2) is 6.26. The van der Waals surface area contributed by atoms with Gasteiger partial charge < -0.3 is 0 Å². The third-order valence-electron chi connectivity index (χ3n) is 6.26. The van der Waals surface area contributed by atoms with Crippen molar-refractivity contribution in [2.45, 2.75) is 32.6 Å². The number of hydrogen-bond acceptors (Lipinski definition) is 1. The number of carbonyl (C=O) groups excluding carboxylic acids is 1. The molecule has 2 aliphatic rings. The Balaban J connectivity index is 1.72. The van der Waals surface area contributed by atoms with Crippen LogP contribution in [0, 0.1) is 22.5 Å². The van der Waals surface area contributed by atoms with E-state index in [0.29, 0.717) is 6.42 Å². The highest BCUT2D eigenvalue weighted by molar-refractivity contribution is 5.90. The fourth-order valence-corrected chi connectivity index (χ4v) is 4.75. The molecule has 2 aromatic rings. The number of hydrogen-bond donors (Lipinski definition) is 0. The van der Waals surface area contributed by atoms with Gasteiger partial charge in [0.15, 0.2) is 0 Å². The van der Waals surface area contributed by atoms with E-state index in [1.54, 1.807) is 24.3 Å². The van der Waals surface area contributed by atoms with Crippen molar-refractivity contribution in [1.82, 2.24) is 0 Å². The zero-order valence-corrected chi connectivity index (χ0v) is 15.5. The molecule has 0 radical (unpaired) electrons. The summed E-state index contributed by atoms with van der Waals surface area (Å²) in [4.78, 5) is 12.8. The first-order valence-corrected chi connectivity index (χ1v) is 9.26. The molecule has 2 bridgehead atoms. The Labute approximate surface area is 158 Å². The molecule has 0 amide bonds. The van der Waals surface area contributed by atoms with Crippen molar-refractivity contribution >= 4 is 11.9 Å². The van der Waals surface area contributed by atoms with Crippen LogP contribution in [0.25, 0.3) is 6.08 Å². The van der Waals surface area contributed by atoms with Crippen LogP contribution >= 0.6 is 0 Å². The Kier molecular flexibility index (Phi) is 4.14. The van der Waals surface area contributed by atoms with Gasteiger partial charge in [-0.2, -0.15) is 0 Å². The van der Waals surface area contributed by atoms with Crippen molar-refractivity contribution in [3.63, 3.8) is 0 Å². The van der Waals surface area contributed by atoms with E-state index in [1.165, 1.54) is 24.3 Å². The van der Waals surface area contributed by atoms with Gasteiger partial charge in [-0.3, -0.25) is 4.79 Å². The molecule has 3 atom stereocenters. The van der Waals surface area contributed by atoms with Gasteiger partial charge >= 0.3 is 0 Å². The molecule has 138 valence electrons. The lowest BCUT2D eigenvalue weighted by atomic mass is 9.59. The second-order valence-electron chi connectivity index (χ2n) is 8.23. The third-order valence-corrected chi connectivity index (χ3v) is 6.26. The number of carbonyl (C=O) groups is 1. The van der Waals surface area contributed by atoms with Gasteiger partial charge in [-0.05, 0) is 54.3 Å². The SMILES string of the molecule is C[C@]12C[C@@](C)(C=C1C=Cc1ccc(F)cc1)C(=O)C[C@H]2c1ccc(F)cc1. The summed E-state index contributed by atoms with van der Waals surface area (Å²) < 4.78 is 26.5. The minimum Gasteiger partial charge on any atom is -0.299 e. The van der Waals surface area contributed by atoms with Crippen LogP contribution in [0.1, 0.15) is 43.7 Å². The zero-order valence-electron chi connectivity index (χ0n) is 15.5. The fraction of sp³-hybridized carbons (Fsp3) is 0.292. The van der Waals surface area contributed by atoms with Crippen molar-refractivity contribution in [3.8, 4) is 0 Å². The summed E-state index contributed by atoms with van der Waals surface area (Å²) in [5, 5.41) is 0. The molecule has 0 heterocycles. The predicted octanol–water partition coefficient (Wildman–Crippen LogP) is 6.08. The maximum absolute atomic E-state index is 13.4. The molecule has 1 fully saturated rings. The van der Waals surface area contributed by atoms with Crippen LogP contribution in [0.4, 0.5) is 8.78 Å². The van der Waals surface area contributed by atoms with Gasteiger partial charge in [0.2, 0.25) is 0 Å². The first kappa shape index (κ1) is 17.8. The number of benzene rings is 2. The molecule has 27 heavy (non-hydrogen) atoms. The number of halogens is 2. The largest absolute Gasteiger partial charge is 0.299 e. The van der Waals surface area contributed by atoms with Gasteiger partial charge in [0.1, 0.15) is 17.4 Å². The number of ketones is 1. The Morgan fingerprint density at radius 2 is 1.52 bits per heavy atom. The minimum atomic E-state index is -0.451. The zero-order chi connectivity index (χ0) is 19.2. The van der Waals surface area contributed by atoms with E-state index in [0.717, 1.165) is 23.1 Å². The van der Waals surface area contributed by atoms with Gasteiger partial charge in [-0.25, -0.2) is 8.78 Å². The van der Waals surface area contributed by atoms with Gasteiger partial charge in [-0.15, -0.1) is 0 Å². The molecule has 0 N–H and O–H groups in total. The van der Waals surface area contributed by atoms with E-state index in [-0.39, 0.29) is 28.8 Å². The highest BCUT2D eigenvalue weighted by Gasteiger charge is 2.55. The van der Waals surface area contributed by atoms with Crippen LogP contribution in [-0.2, 0) is 4.79 Å². The lowest BCUT2D eigenvalue weighted by molar-refractivity contribution is -0.130. The fourth-order valence-electron chi connectivity index (χ4n) is 4.75. The minimum absolute atomic E-state index is 0.0188. The molecular formula is C24H22F2O. The van der Waals surface area contributed by atoms with Crippen molar-refractivity contribution < 1.29 is 13.6 Å². The maximum atomic E-state index is 13.4. The van der Waals surface area contributed by atoms with Gasteiger partial charge in [-0.1, -0.05) is 49.4 Å². The van der Waals surface area contributed by atoms with Crippen molar-refractivity contribution in [2.75, 3.05) is 0 Å². The molecule has 2 aliphatic carbocycles. The lowest BCUT2D eigenvalue weighted by Crippen LogP contribution is -2.39. The molecule has 0 saturated heterocycles. The van der Waals surface area contributed by atoms with Crippen LogP contribution in [-0.4, -0.2) is 5.78 Å². The topological polar surface area (TPSA) is 17.1 Å². The molecule has 4 rings (SSSR count). The smallest absolute Gasteiger partial charge is 0.143 e. The summed E-state index contributed by atoms with van der Waals surface area (Å²) >= 11 is 0. The molecule has 0 spiro atoms. The second-order valence-corrected chi connectivity index (χ2v) is 8.23. The average molecular weight is 364 g/mol. The van der Waals surface area contributed by atoms with E-state index in [2.05, 4.69) is 13.0 Å². The molecular weight excluding hydrogens is 342 g/mol. The summed E-state index contributed by atoms with van der Waals surface area (Å²) in [7, 11) is 0. The highest BCUT2D eigenvalue weighted by Crippen LogP contribution is 2.61. The van der Waals surface area contributed by atoms with Gasteiger partial charge in [0, 0.05) is 23.2 Å². The van der Waals surface area contributed by atoms with Crippen LogP contribution in [0.3, 0.4) is 0 Å². The number of rotatable bonds is 3. The van der Waals surface area contributed by atoms with E-state index in [1.807, 2.05) is 19.1 Å². The normalized spacial score (nSPS) is 30.0. The van der Waals surface area contributed by atoms with Crippen LogP contribution in [0.2, 0.25) is 0 Å². The molecule has 0 aromatic heterocycles. The molecule has 1 nitrogen and oxygen atoms in total. The Morgan fingerprint density at radius 3 is 2.15 bits per heavy atom. The van der Waals surface area contributed by atoms with Crippen LogP contribution in [0.15, 0.2) is 66.3 Å². The predicted molar refractivity (Wildman–Crippen MR) is 103 cm³/mol. The van der Waals surface area contributed by atoms with Crippen LogP contribution in [0.5, 0.6) is 0 Å². The summed E-state index contributed by atoms with van der Waals surface area (Å²) in [5.74, 6) is -0.274. The van der Waals surface area contributed by atoms with E-state index < -0.39 is 5.41 Å². The molecule has 3 heteroatoms. The first-order valence-electron chi connectivity index (χ1n) is 9.26. The summed E-state index contributed by atoms with van der Waals surface area (Å²) in [6, 6.07) is 12.9. The number of fused-ring (bicyclic) bond motifs is 2. The van der Waals surface area contributed by atoms with E-state index in [9.17, 15) is 13.6 Å². The number of Topliss-reactive ketones (excluding diaryl/α,β-unsaturated/α-hetero) is 1. The quantitative estimate of drug-likeness (QED) is 0.645. The third kappa shape index (κ3) is 3.05. The highest BCUT2D eigenvalue weighted by atomic mass is 19.1. The number of allylic oxidation sites excluding steroid dienone is 3. The Bertz CT molecular complexity index is 939. The standard InChI is InChI=1S/C24H22F2O/c1-23-14-18(8-3-16-4-9-19(25)10-5-16)24(2,15-23)21(13-22(23)27)17-6-11-20(26)12-7-17/h3-12,14,21H,13,15H2,1-2H3/t21-,23+,24-/m0/s1. The van der Waals surface area contributed by atoms with Gasteiger partial charge in [0.05, 0.1) is 0 Å². The van der Waals surface area contributed by atoms with Crippen molar-refractivity contribution in [1.29, 1.82) is 0 Å². The van der Waals surface area contributed by atoms with Gasteiger partial charge in [0.25, 0.3) is 0 Å². The van der Waals surface area contributed by atoms with Crippen molar-refractivity contribution in [2.24, 2.45) is 10.8 Å². The van der Waals surface area contributed by atoms with Crippen molar-refractivity contribution in [3.05, 3.63) is 89.0 Å². The van der Waals surface area contributed by atoms with E-state index >= 15 is 0 Å². The monoisotopic (exact) mass is 364 g/mol. The summed E-state index contributed by atoms with van der Waals surface area (Å²) in [6.45, 7) is 4.20. The molecule has 1 saturated carbocycles. The summed E-state index contributed by atoms with van der Waals surface area (Å²) in [6.07, 6.45) is 7.33. The Hall–Kier alpha value is -2.55. The molecule has 0 unspecified atom stereocenters. The molecule has 2 aromatic carbocycles.